The number of anilines is 2. The summed E-state index contributed by atoms with van der Waals surface area (Å²) in [4.78, 5) is 4.62. The summed E-state index contributed by atoms with van der Waals surface area (Å²) >= 11 is 0. The van der Waals surface area contributed by atoms with Crippen LogP contribution in [0.25, 0.3) is 0 Å². The Hall–Kier alpha value is -2.07. The molecule has 2 aromatic rings. The lowest BCUT2D eigenvalue weighted by Crippen LogP contribution is -2.46. The molecule has 1 fully saturated rings. The zero-order chi connectivity index (χ0) is 14.7. The molecule has 3 nitrogen and oxygen atoms in total. The highest BCUT2D eigenvalue weighted by atomic mass is 19.1. The van der Waals surface area contributed by atoms with E-state index in [1.54, 1.807) is 6.07 Å². The summed E-state index contributed by atoms with van der Waals surface area (Å²) in [5.74, 6) is -0.115. The van der Waals surface area contributed by atoms with Gasteiger partial charge in [-0.05, 0) is 24.3 Å². The van der Waals surface area contributed by atoms with Crippen LogP contribution in [0.5, 0.6) is 0 Å². The summed E-state index contributed by atoms with van der Waals surface area (Å²) < 4.78 is 13.7. The van der Waals surface area contributed by atoms with Crippen molar-refractivity contribution >= 4 is 11.4 Å². The predicted octanol–water partition coefficient (Wildman–Crippen LogP) is 2.73. The van der Waals surface area contributed by atoms with Gasteiger partial charge in [0.05, 0.1) is 0 Å². The van der Waals surface area contributed by atoms with Crippen molar-refractivity contribution in [3.63, 3.8) is 0 Å². The average Bonchev–Trinajstić information content (AvgIpc) is 2.50. The molecule has 1 saturated heterocycles. The summed E-state index contributed by atoms with van der Waals surface area (Å²) in [6, 6.07) is 15.0. The lowest BCUT2D eigenvalue weighted by molar-refractivity contribution is 0.246. The number of rotatable bonds is 3. The van der Waals surface area contributed by atoms with Gasteiger partial charge in [-0.3, -0.25) is 4.90 Å². The SMILES string of the molecule is Nc1cccc(N2CCN(Cc3ccccc3F)CC2)c1. The molecule has 0 saturated carbocycles. The van der Waals surface area contributed by atoms with E-state index >= 15 is 0 Å². The largest absolute Gasteiger partial charge is 0.399 e. The molecule has 1 aliphatic rings. The Morgan fingerprint density at radius 2 is 1.71 bits per heavy atom. The third-order valence-electron chi connectivity index (χ3n) is 3.96. The van der Waals surface area contributed by atoms with Gasteiger partial charge < -0.3 is 10.6 Å². The summed E-state index contributed by atoms with van der Waals surface area (Å²) in [5.41, 5.74) is 8.57. The van der Waals surface area contributed by atoms with Gasteiger partial charge >= 0.3 is 0 Å². The molecule has 1 heterocycles. The first-order valence-corrected chi connectivity index (χ1v) is 7.28. The standard InChI is InChI=1S/C17H20FN3/c18-17-7-2-1-4-14(17)13-20-8-10-21(11-9-20)16-6-3-5-15(19)12-16/h1-7,12H,8-11,13,19H2. The molecule has 0 spiro atoms. The number of benzene rings is 2. The molecule has 0 unspecified atom stereocenters. The zero-order valence-corrected chi connectivity index (χ0v) is 12.0. The van der Waals surface area contributed by atoms with Gasteiger partial charge in [0.1, 0.15) is 5.82 Å². The summed E-state index contributed by atoms with van der Waals surface area (Å²) in [5, 5.41) is 0. The highest BCUT2D eigenvalue weighted by Gasteiger charge is 2.18. The molecule has 2 aromatic carbocycles. The summed E-state index contributed by atoms with van der Waals surface area (Å²) in [7, 11) is 0. The van der Waals surface area contributed by atoms with Gasteiger partial charge in [0.25, 0.3) is 0 Å². The highest BCUT2D eigenvalue weighted by Crippen LogP contribution is 2.20. The van der Waals surface area contributed by atoms with Gasteiger partial charge in [0.2, 0.25) is 0 Å². The molecule has 0 radical (unpaired) electrons. The first-order valence-electron chi connectivity index (χ1n) is 7.28. The minimum atomic E-state index is -0.115. The van der Waals surface area contributed by atoms with Crippen LogP contribution in [-0.4, -0.2) is 31.1 Å². The van der Waals surface area contributed by atoms with E-state index in [0.717, 1.165) is 37.4 Å². The van der Waals surface area contributed by atoms with E-state index in [1.165, 1.54) is 11.8 Å². The van der Waals surface area contributed by atoms with Crippen LogP contribution in [0, 0.1) is 5.82 Å². The second-order valence-electron chi connectivity index (χ2n) is 5.45. The van der Waals surface area contributed by atoms with Crippen LogP contribution < -0.4 is 10.6 Å². The lowest BCUT2D eigenvalue weighted by Gasteiger charge is -2.36. The van der Waals surface area contributed by atoms with Crippen molar-refractivity contribution in [1.29, 1.82) is 0 Å². The van der Waals surface area contributed by atoms with Gasteiger partial charge in [-0.2, -0.15) is 0 Å². The van der Waals surface area contributed by atoms with Gasteiger partial charge in [0.15, 0.2) is 0 Å². The van der Waals surface area contributed by atoms with Gasteiger partial charge in [-0.25, -0.2) is 4.39 Å². The smallest absolute Gasteiger partial charge is 0.127 e. The fraction of sp³-hybridized carbons (Fsp3) is 0.294. The third kappa shape index (κ3) is 3.34. The van der Waals surface area contributed by atoms with Crippen molar-refractivity contribution in [2.24, 2.45) is 0 Å². The second-order valence-corrected chi connectivity index (χ2v) is 5.45. The molecule has 0 bridgehead atoms. The summed E-state index contributed by atoms with van der Waals surface area (Å²) in [6.07, 6.45) is 0. The summed E-state index contributed by atoms with van der Waals surface area (Å²) in [6.45, 7) is 4.43. The lowest BCUT2D eigenvalue weighted by atomic mass is 10.1. The normalized spacial score (nSPS) is 16.1. The van der Waals surface area contributed by atoms with E-state index in [4.69, 9.17) is 5.73 Å². The van der Waals surface area contributed by atoms with Gasteiger partial charge in [0, 0.05) is 49.7 Å². The maximum absolute atomic E-state index is 13.7. The monoisotopic (exact) mass is 285 g/mol. The fourth-order valence-corrected chi connectivity index (χ4v) is 2.75. The number of halogens is 1. The maximum atomic E-state index is 13.7. The topological polar surface area (TPSA) is 32.5 Å². The molecular formula is C17H20FN3. The number of hydrogen-bond acceptors (Lipinski definition) is 3. The molecule has 21 heavy (non-hydrogen) atoms. The Morgan fingerprint density at radius 1 is 0.952 bits per heavy atom. The molecule has 0 aliphatic carbocycles. The van der Waals surface area contributed by atoms with E-state index in [1.807, 2.05) is 30.3 Å². The van der Waals surface area contributed by atoms with Crippen LogP contribution in [-0.2, 0) is 6.54 Å². The zero-order valence-electron chi connectivity index (χ0n) is 12.0. The Morgan fingerprint density at radius 3 is 2.43 bits per heavy atom. The van der Waals surface area contributed by atoms with Crippen molar-refractivity contribution in [3.05, 3.63) is 59.9 Å². The van der Waals surface area contributed by atoms with Crippen molar-refractivity contribution < 1.29 is 4.39 Å². The van der Waals surface area contributed by atoms with Crippen molar-refractivity contribution in [2.45, 2.75) is 6.54 Å². The number of piperazine rings is 1. The number of nitrogen functional groups attached to an aromatic ring is 1. The van der Waals surface area contributed by atoms with Crippen molar-refractivity contribution in [2.75, 3.05) is 36.8 Å². The van der Waals surface area contributed by atoms with Crippen LogP contribution in [0.3, 0.4) is 0 Å². The maximum Gasteiger partial charge on any atom is 0.127 e. The quantitative estimate of drug-likeness (QED) is 0.880. The predicted molar refractivity (Wildman–Crippen MR) is 84.7 cm³/mol. The third-order valence-corrected chi connectivity index (χ3v) is 3.96. The van der Waals surface area contributed by atoms with E-state index in [-0.39, 0.29) is 5.82 Å². The van der Waals surface area contributed by atoms with E-state index < -0.39 is 0 Å². The van der Waals surface area contributed by atoms with Gasteiger partial charge in [-0.1, -0.05) is 24.3 Å². The second kappa shape index (κ2) is 6.14. The Labute approximate surface area is 124 Å². The van der Waals surface area contributed by atoms with Crippen LogP contribution in [0.4, 0.5) is 15.8 Å². The number of nitrogens with two attached hydrogens (primary N) is 1. The number of nitrogens with zero attached hydrogens (tertiary/aromatic N) is 2. The first kappa shape index (κ1) is 13.9. The van der Waals surface area contributed by atoms with E-state index in [2.05, 4.69) is 15.9 Å². The van der Waals surface area contributed by atoms with Crippen LogP contribution in [0.1, 0.15) is 5.56 Å². The van der Waals surface area contributed by atoms with E-state index in [0.29, 0.717) is 6.54 Å². The molecule has 4 heteroatoms. The molecule has 3 rings (SSSR count). The number of hydrogen-bond donors (Lipinski definition) is 1. The first-order chi connectivity index (χ1) is 10.2. The molecule has 0 atom stereocenters. The fourth-order valence-electron chi connectivity index (χ4n) is 2.75. The Bertz CT molecular complexity index is 606. The highest BCUT2D eigenvalue weighted by molar-refractivity contribution is 5.56. The molecule has 1 aliphatic heterocycles. The Balaban J connectivity index is 1.59. The molecular weight excluding hydrogens is 265 g/mol. The average molecular weight is 285 g/mol. The minimum absolute atomic E-state index is 0.115. The van der Waals surface area contributed by atoms with Gasteiger partial charge in [-0.15, -0.1) is 0 Å². The van der Waals surface area contributed by atoms with Crippen molar-refractivity contribution in [1.82, 2.24) is 4.90 Å². The van der Waals surface area contributed by atoms with Crippen LogP contribution in [0.2, 0.25) is 0 Å². The van der Waals surface area contributed by atoms with Crippen LogP contribution in [0.15, 0.2) is 48.5 Å². The van der Waals surface area contributed by atoms with Crippen molar-refractivity contribution in [3.8, 4) is 0 Å². The van der Waals surface area contributed by atoms with Crippen LogP contribution >= 0.6 is 0 Å². The molecule has 2 N–H and O–H groups in total. The minimum Gasteiger partial charge on any atom is -0.399 e. The molecule has 110 valence electrons. The van der Waals surface area contributed by atoms with E-state index in [9.17, 15) is 4.39 Å². The molecule has 0 amide bonds. The Kier molecular flexibility index (Phi) is 4.06. The molecule has 0 aromatic heterocycles.